The van der Waals surface area contributed by atoms with Gasteiger partial charge in [-0.15, -0.1) is 11.3 Å². The van der Waals surface area contributed by atoms with Crippen LogP contribution in [0, 0.1) is 0 Å². The molecule has 2 aliphatic rings. The van der Waals surface area contributed by atoms with Crippen LogP contribution in [0.5, 0.6) is 0 Å². The van der Waals surface area contributed by atoms with Crippen LogP contribution in [-0.4, -0.2) is 59.2 Å². The Morgan fingerprint density at radius 2 is 2.07 bits per heavy atom. The first-order chi connectivity index (χ1) is 13.0. The van der Waals surface area contributed by atoms with E-state index in [1.54, 1.807) is 41.2 Å². The number of aromatic nitrogens is 1. The van der Waals surface area contributed by atoms with Gasteiger partial charge in [0.2, 0.25) is 5.91 Å². The predicted molar refractivity (Wildman–Crippen MR) is 102 cm³/mol. The highest BCUT2D eigenvalue weighted by Crippen LogP contribution is 2.41. The molecule has 4 heterocycles. The minimum absolute atomic E-state index is 0.0767. The Kier molecular flexibility index (Phi) is 4.43. The van der Waals surface area contributed by atoms with Gasteiger partial charge >= 0.3 is 0 Å². The normalized spacial score (nSPS) is 16.9. The first-order valence-corrected chi connectivity index (χ1v) is 9.73. The fraction of sp³-hybridized carbons (Fsp3) is 0.368. The number of carbonyl (C=O) groups is 3. The largest absolute Gasteiger partial charge is 0.332 e. The average Bonchev–Trinajstić information content (AvgIpc) is 3.02. The molecule has 27 heavy (non-hydrogen) atoms. The van der Waals surface area contributed by atoms with Crippen molar-refractivity contribution in [3.05, 3.63) is 46.1 Å². The smallest absolute Gasteiger partial charge is 0.272 e. The fourth-order valence-electron chi connectivity index (χ4n) is 3.61. The van der Waals surface area contributed by atoms with Gasteiger partial charge in [-0.25, -0.2) is 0 Å². The molecule has 0 fully saturated rings. The number of anilines is 1. The van der Waals surface area contributed by atoms with Gasteiger partial charge < -0.3 is 14.7 Å². The van der Waals surface area contributed by atoms with Gasteiger partial charge in [0.15, 0.2) is 0 Å². The number of likely N-dealkylation sites (N-methyl/N-ethyl adjacent to an activating group) is 2. The molecule has 3 amide bonds. The van der Waals surface area contributed by atoms with Crippen LogP contribution in [0.4, 0.5) is 5.00 Å². The molecule has 2 aromatic rings. The summed E-state index contributed by atoms with van der Waals surface area (Å²) in [7, 11) is 1.66. The summed E-state index contributed by atoms with van der Waals surface area (Å²) < 4.78 is 0. The van der Waals surface area contributed by atoms with Crippen molar-refractivity contribution in [3.8, 4) is 0 Å². The maximum atomic E-state index is 12.9. The number of rotatable bonds is 2. The third-order valence-electron chi connectivity index (χ3n) is 5.00. The highest BCUT2D eigenvalue weighted by Gasteiger charge is 2.37. The molecule has 0 atom stereocenters. The molecule has 0 saturated carbocycles. The Hall–Kier alpha value is -2.74. The maximum Gasteiger partial charge on any atom is 0.272 e. The molecular weight excluding hydrogens is 364 g/mol. The molecule has 0 bridgehead atoms. The van der Waals surface area contributed by atoms with E-state index in [9.17, 15) is 14.4 Å². The van der Waals surface area contributed by atoms with Gasteiger partial charge in [-0.05, 0) is 31.0 Å². The monoisotopic (exact) mass is 384 g/mol. The van der Waals surface area contributed by atoms with Gasteiger partial charge in [-0.2, -0.15) is 0 Å². The van der Waals surface area contributed by atoms with Gasteiger partial charge in [-0.3, -0.25) is 19.4 Å². The summed E-state index contributed by atoms with van der Waals surface area (Å²) in [6.45, 7) is 3.48. The van der Waals surface area contributed by atoms with Crippen LogP contribution in [-0.2, 0) is 17.8 Å². The Morgan fingerprint density at radius 1 is 1.26 bits per heavy atom. The van der Waals surface area contributed by atoms with E-state index in [0.29, 0.717) is 42.3 Å². The SMILES string of the molecule is CCN1C(=O)CN(C)C(=O)c2c1sc1c2CCN(C(=O)c2ccccn2)C1. The van der Waals surface area contributed by atoms with Gasteiger partial charge in [-0.1, -0.05) is 6.07 Å². The Labute approximate surface area is 161 Å². The number of hydrogen-bond donors (Lipinski definition) is 0. The van der Waals surface area contributed by atoms with E-state index >= 15 is 0 Å². The summed E-state index contributed by atoms with van der Waals surface area (Å²) in [5.74, 6) is -0.305. The summed E-state index contributed by atoms with van der Waals surface area (Å²) in [5, 5.41) is 0.717. The molecule has 0 N–H and O–H groups in total. The lowest BCUT2D eigenvalue weighted by atomic mass is 10.0. The topological polar surface area (TPSA) is 73.8 Å². The van der Waals surface area contributed by atoms with Crippen molar-refractivity contribution in [1.82, 2.24) is 14.8 Å². The van der Waals surface area contributed by atoms with Crippen LogP contribution in [0.2, 0.25) is 0 Å². The summed E-state index contributed by atoms with van der Waals surface area (Å²) in [6.07, 6.45) is 2.21. The number of pyridine rings is 1. The van der Waals surface area contributed by atoms with Crippen LogP contribution in [0.25, 0.3) is 0 Å². The van der Waals surface area contributed by atoms with Crippen molar-refractivity contribution < 1.29 is 14.4 Å². The van der Waals surface area contributed by atoms with Crippen LogP contribution in [0.15, 0.2) is 24.4 Å². The van der Waals surface area contributed by atoms with E-state index in [1.165, 1.54) is 16.2 Å². The summed E-state index contributed by atoms with van der Waals surface area (Å²) in [5.41, 5.74) is 2.03. The molecule has 0 aromatic carbocycles. The number of nitrogens with zero attached hydrogens (tertiary/aromatic N) is 4. The van der Waals surface area contributed by atoms with Crippen LogP contribution < -0.4 is 4.90 Å². The quantitative estimate of drug-likeness (QED) is 0.791. The molecule has 2 aromatic heterocycles. The first kappa shape index (κ1) is 17.7. The Balaban J connectivity index is 1.70. The number of carbonyl (C=O) groups excluding carboxylic acids is 3. The highest BCUT2D eigenvalue weighted by molar-refractivity contribution is 7.17. The zero-order valence-corrected chi connectivity index (χ0v) is 16.1. The zero-order valence-electron chi connectivity index (χ0n) is 15.3. The van der Waals surface area contributed by atoms with Gasteiger partial charge in [0.1, 0.15) is 17.2 Å². The van der Waals surface area contributed by atoms with E-state index < -0.39 is 0 Å². The summed E-state index contributed by atoms with van der Waals surface area (Å²) in [6, 6.07) is 5.28. The van der Waals surface area contributed by atoms with Crippen molar-refractivity contribution in [2.75, 3.05) is 31.6 Å². The number of fused-ring (bicyclic) bond motifs is 3. The van der Waals surface area contributed by atoms with E-state index in [0.717, 1.165) is 10.4 Å². The van der Waals surface area contributed by atoms with Crippen molar-refractivity contribution in [3.63, 3.8) is 0 Å². The standard InChI is InChI=1S/C19H20N4O3S/c1-3-23-15(24)11-21(2)18(26)16-12-7-9-22(10-14(12)27-19(16)23)17(25)13-6-4-5-8-20-13/h4-6,8H,3,7,9-11H2,1-2H3. The maximum absolute atomic E-state index is 12.9. The lowest BCUT2D eigenvalue weighted by Gasteiger charge is -2.27. The fourth-order valence-corrected chi connectivity index (χ4v) is 5.04. The van der Waals surface area contributed by atoms with Gasteiger partial charge in [0.05, 0.1) is 12.1 Å². The lowest BCUT2D eigenvalue weighted by Crippen LogP contribution is -2.38. The molecule has 8 heteroatoms. The van der Waals surface area contributed by atoms with Crippen molar-refractivity contribution >= 4 is 34.1 Å². The highest BCUT2D eigenvalue weighted by atomic mass is 32.1. The van der Waals surface area contributed by atoms with Crippen LogP contribution >= 0.6 is 11.3 Å². The van der Waals surface area contributed by atoms with E-state index in [1.807, 2.05) is 6.92 Å². The minimum atomic E-state index is -0.115. The Morgan fingerprint density at radius 3 is 2.78 bits per heavy atom. The molecule has 0 saturated heterocycles. The molecule has 140 valence electrons. The molecule has 4 rings (SSSR count). The van der Waals surface area contributed by atoms with Crippen molar-refractivity contribution in [2.24, 2.45) is 0 Å². The summed E-state index contributed by atoms with van der Waals surface area (Å²) >= 11 is 1.45. The van der Waals surface area contributed by atoms with Gasteiger partial charge in [0.25, 0.3) is 11.8 Å². The number of thiophene rings is 1. The molecule has 2 aliphatic heterocycles. The van der Waals surface area contributed by atoms with Gasteiger partial charge in [0, 0.05) is 31.2 Å². The predicted octanol–water partition coefficient (Wildman–Crippen LogP) is 1.78. The van der Waals surface area contributed by atoms with E-state index in [4.69, 9.17) is 0 Å². The lowest BCUT2D eigenvalue weighted by molar-refractivity contribution is -0.118. The summed E-state index contributed by atoms with van der Waals surface area (Å²) in [4.78, 5) is 48.1. The number of hydrogen-bond acceptors (Lipinski definition) is 5. The zero-order chi connectivity index (χ0) is 19.1. The molecule has 7 nitrogen and oxygen atoms in total. The van der Waals surface area contributed by atoms with E-state index in [-0.39, 0.29) is 24.3 Å². The second kappa shape index (κ2) is 6.77. The molecule has 0 radical (unpaired) electrons. The third-order valence-corrected chi connectivity index (χ3v) is 6.24. The van der Waals surface area contributed by atoms with E-state index in [2.05, 4.69) is 4.98 Å². The Bertz CT molecular complexity index is 925. The van der Waals surface area contributed by atoms with Crippen LogP contribution in [0.3, 0.4) is 0 Å². The van der Waals surface area contributed by atoms with Crippen LogP contribution in [0.1, 0.15) is 38.2 Å². The second-order valence-corrected chi connectivity index (χ2v) is 7.76. The molecule has 0 spiro atoms. The third kappa shape index (κ3) is 2.90. The molecule has 0 unspecified atom stereocenters. The molecular formula is C19H20N4O3S. The average molecular weight is 384 g/mol. The van der Waals surface area contributed by atoms with Crippen molar-refractivity contribution in [2.45, 2.75) is 19.9 Å². The number of amides is 3. The first-order valence-electron chi connectivity index (χ1n) is 8.92. The molecule has 0 aliphatic carbocycles. The minimum Gasteiger partial charge on any atom is -0.332 e. The second-order valence-electron chi connectivity index (χ2n) is 6.67. The van der Waals surface area contributed by atoms with Crippen molar-refractivity contribution in [1.29, 1.82) is 0 Å².